The van der Waals surface area contributed by atoms with E-state index < -0.39 is 5.60 Å². The number of nitrogens with one attached hydrogen (secondary N) is 2. The maximum atomic E-state index is 11.7. The van der Waals surface area contributed by atoms with Crippen LogP contribution < -0.4 is 10.6 Å². The Morgan fingerprint density at radius 2 is 2.21 bits per heavy atom. The molecule has 0 aliphatic heterocycles. The van der Waals surface area contributed by atoms with Crippen LogP contribution in [0.15, 0.2) is 24.3 Å². The first-order chi connectivity index (χ1) is 8.93. The SMILES string of the molecule is CSCC(C)(O)CNCC(=O)Nc1cccc(C)c1. The van der Waals surface area contributed by atoms with Crippen molar-refractivity contribution in [2.24, 2.45) is 0 Å². The van der Waals surface area contributed by atoms with Gasteiger partial charge in [0.1, 0.15) is 0 Å². The van der Waals surface area contributed by atoms with Gasteiger partial charge in [-0.05, 0) is 37.8 Å². The minimum atomic E-state index is -0.789. The normalized spacial score (nSPS) is 13.9. The highest BCUT2D eigenvalue weighted by Gasteiger charge is 2.19. The number of carbonyl (C=O) groups excluding carboxylic acids is 1. The fraction of sp³-hybridized carbons (Fsp3) is 0.500. The summed E-state index contributed by atoms with van der Waals surface area (Å²) in [5.74, 6) is 0.532. The third-order valence-corrected chi connectivity index (χ3v) is 3.46. The Kier molecular flexibility index (Phi) is 6.34. The molecule has 5 heteroatoms. The number of anilines is 1. The van der Waals surface area contributed by atoms with Gasteiger partial charge in [0.15, 0.2) is 0 Å². The van der Waals surface area contributed by atoms with Crippen molar-refractivity contribution in [3.63, 3.8) is 0 Å². The van der Waals surface area contributed by atoms with Gasteiger partial charge in [-0.25, -0.2) is 0 Å². The molecule has 0 aliphatic rings. The lowest BCUT2D eigenvalue weighted by Crippen LogP contribution is -2.42. The Morgan fingerprint density at radius 1 is 1.47 bits per heavy atom. The molecule has 1 aromatic rings. The maximum Gasteiger partial charge on any atom is 0.238 e. The van der Waals surface area contributed by atoms with Gasteiger partial charge in [0, 0.05) is 18.0 Å². The predicted octanol–water partition coefficient (Wildman–Crippen LogP) is 1.64. The lowest BCUT2D eigenvalue weighted by Gasteiger charge is -2.22. The Bertz CT molecular complexity index is 422. The van der Waals surface area contributed by atoms with Crippen molar-refractivity contribution < 1.29 is 9.90 Å². The highest BCUT2D eigenvalue weighted by atomic mass is 32.2. The summed E-state index contributed by atoms with van der Waals surface area (Å²) in [7, 11) is 0. The molecule has 19 heavy (non-hydrogen) atoms. The second-order valence-corrected chi connectivity index (χ2v) is 5.82. The highest BCUT2D eigenvalue weighted by Crippen LogP contribution is 2.10. The lowest BCUT2D eigenvalue weighted by molar-refractivity contribution is -0.115. The number of aryl methyl sites for hydroxylation is 1. The molecular formula is C14H22N2O2S. The third-order valence-electron chi connectivity index (χ3n) is 2.55. The van der Waals surface area contributed by atoms with Gasteiger partial charge in [-0.2, -0.15) is 11.8 Å². The summed E-state index contributed by atoms with van der Waals surface area (Å²) in [6.45, 7) is 4.33. The molecule has 0 bridgehead atoms. The van der Waals surface area contributed by atoms with Crippen molar-refractivity contribution in [2.75, 3.05) is 30.4 Å². The fourth-order valence-corrected chi connectivity index (χ4v) is 2.46. The molecule has 0 heterocycles. The lowest BCUT2D eigenvalue weighted by atomic mass is 10.1. The van der Waals surface area contributed by atoms with Crippen LogP contribution >= 0.6 is 11.8 Å². The summed E-state index contributed by atoms with van der Waals surface area (Å²) in [6, 6.07) is 7.66. The second kappa shape index (κ2) is 7.53. The topological polar surface area (TPSA) is 61.4 Å². The maximum absolute atomic E-state index is 11.7. The Hall–Kier alpha value is -1.04. The monoisotopic (exact) mass is 282 g/mol. The van der Waals surface area contributed by atoms with Gasteiger partial charge >= 0.3 is 0 Å². The van der Waals surface area contributed by atoms with E-state index in [4.69, 9.17) is 0 Å². The van der Waals surface area contributed by atoms with E-state index in [9.17, 15) is 9.90 Å². The number of benzene rings is 1. The van der Waals surface area contributed by atoms with E-state index in [0.717, 1.165) is 11.3 Å². The van der Waals surface area contributed by atoms with Crippen molar-refractivity contribution in [2.45, 2.75) is 19.4 Å². The van der Waals surface area contributed by atoms with Crippen LogP contribution in [-0.4, -0.2) is 41.7 Å². The molecule has 4 nitrogen and oxygen atoms in total. The van der Waals surface area contributed by atoms with E-state index in [1.54, 1.807) is 18.7 Å². The Morgan fingerprint density at radius 3 is 2.84 bits per heavy atom. The Labute approximate surface area is 119 Å². The number of hydrogen-bond acceptors (Lipinski definition) is 4. The van der Waals surface area contributed by atoms with Crippen LogP contribution in [0.1, 0.15) is 12.5 Å². The molecule has 1 amide bonds. The van der Waals surface area contributed by atoms with Gasteiger partial charge < -0.3 is 15.7 Å². The predicted molar refractivity (Wildman–Crippen MR) is 81.7 cm³/mol. The summed E-state index contributed by atoms with van der Waals surface area (Å²) < 4.78 is 0. The van der Waals surface area contributed by atoms with Gasteiger partial charge in [0.25, 0.3) is 0 Å². The van der Waals surface area contributed by atoms with E-state index in [1.807, 2.05) is 37.4 Å². The smallest absolute Gasteiger partial charge is 0.238 e. The van der Waals surface area contributed by atoms with Crippen LogP contribution in [-0.2, 0) is 4.79 Å². The van der Waals surface area contributed by atoms with Gasteiger partial charge in [0.2, 0.25) is 5.91 Å². The summed E-state index contributed by atoms with van der Waals surface area (Å²) in [4.78, 5) is 11.7. The van der Waals surface area contributed by atoms with E-state index in [1.165, 1.54) is 0 Å². The van der Waals surface area contributed by atoms with Crippen molar-refractivity contribution in [3.8, 4) is 0 Å². The summed E-state index contributed by atoms with van der Waals surface area (Å²) in [6.07, 6.45) is 1.94. The first-order valence-electron chi connectivity index (χ1n) is 6.21. The number of aliphatic hydroxyl groups is 1. The molecule has 0 fully saturated rings. The molecule has 0 saturated carbocycles. The van der Waals surface area contributed by atoms with Gasteiger partial charge in [-0.3, -0.25) is 4.79 Å². The van der Waals surface area contributed by atoms with Crippen LogP contribution in [0.2, 0.25) is 0 Å². The van der Waals surface area contributed by atoms with Crippen LogP contribution in [0.3, 0.4) is 0 Å². The van der Waals surface area contributed by atoms with E-state index in [-0.39, 0.29) is 12.5 Å². The first kappa shape index (κ1) is 16.0. The zero-order valence-corrected chi connectivity index (χ0v) is 12.5. The minimum Gasteiger partial charge on any atom is -0.388 e. The zero-order chi connectivity index (χ0) is 14.3. The van der Waals surface area contributed by atoms with E-state index in [2.05, 4.69) is 10.6 Å². The van der Waals surface area contributed by atoms with Crippen molar-refractivity contribution in [1.82, 2.24) is 5.32 Å². The molecule has 0 aromatic heterocycles. The molecular weight excluding hydrogens is 260 g/mol. The molecule has 1 aromatic carbocycles. The molecule has 0 radical (unpaired) electrons. The van der Waals surface area contributed by atoms with Crippen molar-refractivity contribution in [3.05, 3.63) is 29.8 Å². The van der Waals surface area contributed by atoms with Crippen molar-refractivity contribution >= 4 is 23.4 Å². The van der Waals surface area contributed by atoms with E-state index >= 15 is 0 Å². The molecule has 1 rings (SSSR count). The number of thioether (sulfide) groups is 1. The van der Waals surface area contributed by atoms with Crippen LogP contribution in [0.4, 0.5) is 5.69 Å². The molecule has 0 aliphatic carbocycles. The summed E-state index contributed by atoms with van der Waals surface area (Å²) in [5, 5.41) is 15.7. The number of hydrogen-bond donors (Lipinski definition) is 3. The van der Waals surface area contributed by atoms with Gasteiger partial charge in [-0.1, -0.05) is 12.1 Å². The van der Waals surface area contributed by atoms with E-state index in [0.29, 0.717) is 12.3 Å². The molecule has 106 valence electrons. The molecule has 0 spiro atoms. The fourth-order valence-electron chi connectivity index (χ4n) is 1.74. The highest BCUT2D eigenvalue weighted by molar-refractivity contribution is 7.98. The molecule has 3 N–H and O–H groups in total. The summed E-state index contributed by atoms with van der Waals surface area (Å²) >= 11 is 1.58. The summed E-state index contributed by atoms with van der Waals surface area (Å²) in [5.41, 5.74) is 1.11. The average molecular weight is 282 g/mol. The zero-order valence-electron chi connectivity index (χ0n) is 11.7. The first-order valence-corrected chi connectivity index (χ1v) is 7.61. The van der Waals surface area contributed by atoms with Crippen molar-refractivity contribution in [1.29, 1.82) is 0 Å². The largest absolute Gasteiger partial charge is 0.388 e. The molecule has 1 atom stereocenters. The standard InChI is InChI=1S/C14H22N2O2S/c1-11-5-4-6-12(7-11)16-13(17)8-15-9-14(2,18)10-19-3/h4-7,15,18H,8-10H2,1-3H3,(H,16,17). The molecule has 1 unspecified atom stereocenters. The number of amides is 1. The second-order valence-electron chi connectivity index (χ2n) is 4.95. The number of carbonyl (C=O) groups is 1. The average Bonchev–Trinajstić information content (AvgIpc) is 2.28. The quantitative estimate of drug-likeness (QED) is 0.711. The molecule has 0 saturated heterocycles. The van der Waals surface area contributed by atoms with Gasteiger partial charge in [0.05, 0.1) is 12.1 Å². The van der Waals surface area contributed by atoms with Crippen LogP contribution in [0.5, 0.6) is 0 Å². The van der Waals surface area contributed by atoms with Gasteiger partial charge in [-0.15, -0.1) is 0 Å². The van der Waals surface area contributed by atoms with Crippen LogP contribution in [0.25, 0.3) is 0 Å². The minimum absolute atomic E-state index is 0.106. The third kappa shape index (κ3) is 6.61. The number of rotatable bonds is 7. The Balaban J connectivity index is 2.32. The van der Waals surface area contributed by atoms with Crippen LogP contribution in [0, 0.1) is 6.92 Å².